The maximum Gasteiger partial charge on any atom is 0.0465 e. The highest BCUT2D eigenvalue weighted by molar-refractivity contribution is 6.35. The highest BCUT2D eigenvalue weighted by Gasteiger charge is 2.20. The number of hydrogen-bond acceptors (Lipinski definition) is 1. The van der Waals surface area contributed by atoms with Crippen molar-refractivity contribution in [3.05, 3.63) is 69.2 Å². The van der Waals surface area contributed by atoms with Crippen LogP contribution in [-0.2, 0) is 19.4 Å². The number of nitrogens with one attached hydrogen (secondary N) is 1. The largest absolute Gasteiger partial charge is 0.309 e. The van der Waals surface area contributed by atoms with Gasteiger partial charge < -0.3 is 5.32 Å². The van der Waals surface area contributed by atoms with Crippen LogP contribution in [0.4, 0.5) is 0 Å². The summed E-state index contributed by atoms with van der Waals surface area (Å²) in [4.78, 5) is 0. The van der Waals surface area contributed by atoms with E-state index in [1.807, 2.05) is 12.1 Å². The minimum atomic E-state index is 0.504. The van der Waals surface area contributed by atoms with Crippen LogP contribution in [-0.4, -0.2) is 6.04 Å². The number of halogens is 2. The zero-order chi connectivity index (χ0) is 13.2. The number of rotatable bonds is 3. The number of hydrogen-bond donors (Lipinski definition) is 1. The van der Waals surface area contributed by atoms with Crippen molar-refractivity contribution in [1.29, 1.82) is 0 Å². The van der Waals surface area contributed by atoms with E-state index in [1.165, 1.54) is 11.1 Å². The predicted octanol–water partition coefficient (Wildman–Crippen LogP) is 4.25. The Morgan fingerprint density at radius 2 is 1.68 bits per heavy atom. The Kier molecular flexibility index (Phi) is 3.79. The summed E-state index contributed by atoms with van der Waals surface area (Å²) in [6, 6.07) is 14.8. The van der Waals surface area contributed by atoms with E-state index < -0.39 is 0 Å². The minimum Gasteiger partial charge on any atom is -0.309 e. The summed E-state index contributed by atoms with van der Waals surface area (Å²) in [5, 5.41) is 4.99. The van der Waals surface area contributed by atoms with E-state index in [9.17, 15) is 0 Å². The molecule has 0 aromatic heterocycles. The third kappa shape index (κ3) is 2.94. The topological polar surface area (TPSA) is 12.0 Å². The molecule has 3 rings (SSSR count). The molecule has 1 N–H and O–H groups in total. The fraction of sp³-hybridized carbons (Fsp3) is 0.250. The van der Waals surface area contributed by atoms with Crippen molar-refractivity contribution in [2.45, 2.75) is 25.4 Å². The predicted molar refractivity (Wildman–Crippen MR) is 80.9 cm³/mol. The first-order chi connectivity index (χ1) is 9.22. The second-order valence-corrected chi connectivity index (χ2v) is 5.83. The van der Waals surface area contributed by atoms with Gasteiger partial charge in [-0.25, -0.2) is 0 Å². The van der Waals surface area contributed by atoms with Gasteiger partial charge >= 0.3 is 0 Å². The van der Waals surface area contributed by atoms with Gasteiger partial charge in [0.25, 0.3) is 0 Å². The van der Waals surface area contributed by atoms with Crippen molar-refractivity contribution in [1.82, 2.24) is 5.32 Å². The summed E-state index contributed by atoms with van der Waals surface area (Å²) in [6.07, 6.45) is 2.20. The minimum absolute atomic E-state index is 0.504. The van der Waals surface area contributed by atoms with E-state index >= 15 is 0 Å². The molecule has 0 heterocycles. The Hall–Kier alpha value is -1.02. The standard InChI is InChI=1S/C16H15Cl2N/c17-14-6-5-13(16(18)9-14)10-19-15-7-11-3-1-2-4-12(11)8-15/h1-6,9,15,19H,7-8,10H2. The van der Waals surface area contributed by atoms with Crippen molar-refractivity contribution in [3.63, 3.8) is 0 Å². The fourth-order valence-corrected chi connectivity index (χ4v) is 3.10. The van der Waals surface area contributed by atoms with Gasteiger partial charge in [-0.1, -0.05) is 53.5 Å². The average Bonchev–Trinajstić information content (AvgIpc) is 2.80. The molecule has 0 saturated carbocycles. The molecule has 0 aliphatic heterocycles. The van der Waals surface area contributed by atoms with Crippen molar-refractivity contribution in [2.75, 3.05) is 0 Å². The molecule has 0 spiro atoms. The van der Waals surface area contributed by atoms with Gasteiger partial charge in [0.15, 0.2) is 0 Å². The van der Waals surface area contributed by atoms with Gasteiger partial charge in [0.1, 0.15) is 0 Å². The fourth-order valence-electron chi connectivity index (χ4n) is 2.62. The first kappa shape index (κ1) is 13.0. The molecule has 98 valence electrons. The Morgan fingerprint density at radius 1 is 1.00 bits per heavy atom. The molecular formula is C16H15Cl2N. The molecule has 1 nitrogen and oxygen atoms in total. The van der Waals surface area contributed by atoms with Gasteiger partial charge in [-0.15, -0.1) is 0 Å². The van der Waals surface area contributed by atoms with E-state index in [4.69, 9.17) is 23.2 Å². The molecule has 0 amide bonds. The normalized spacial score (nSPS) is 14.6. The van der Waals surface area contributed by atoms with E-state index in [0.717, 1.165) is 30.0 Å². The summed E-state index contributed by atoms with van der Waals surface area (Å²) in [5.74, 6) is 0. The highest BCUT2D eigenvalue weighted by Crippen LogP contribution is 2.24. The first-order valence-electron chi connectivity index (χ1n) is 6.46. The molecule has 2 aromatic rings. The van der Waals surface area contributed by atoms with E-state index in [0.29, 0.717) is 11.1 Å². The lowest BCUT2D eigenvalue weighted by Gasteiger charge is -2.13. The molecular weight excluding hydrogens is 277 g/mol. The molecule has 1 aliphatic carbocycles. The third-order valence-corrected chi connectivity index (χ3v) is 4.23. The third-order valence-electron chi connectivity index (χ3n) is 3.65. The van der Waals surface area contributed by atoms with Crippen LogP contribution in [0.3, 0.4) is 0 Å². The Morgan fingerprint density at radius 3 is 2.32 bits per heavy atom. The molecule has 0 atom stereocenters. The molecule has 19 heavy (non-hydrogen) atoms. The highest BCUT2D eigenvalue weighted by atomic mass is 35.5. The zero-order valence-electron chi connectivity index (χ0n) is 10.5. The average molecular weight is 292 g/mol. The van der Waals surface area contributed by atoms with Crippen LogP contribution in [0.1, 0.15) is 16.7 Å². The monoisotopic (exact) mass is 291 g/mol. The van der Waals surface area contributed by atoms with Crippen molar-refractivity contribution < 1.29 is 0 Å². The van der Waals surface area contributed by atoms with Gasteiger partial charge in [0.2, 0.25) is 0 Å². The summed E-state index contributed by atoms with van der Waals surface area (Å²) in [7, 11) is 0. The van der Waals surface area contributed by atoms with Gasteiger partial charge in [-0.3, -0.25) is 0 Å². The zero-order valence-corrected chi connectivity index (χ0v) is 12.0. The summed E-state index contributed by atoms with van der Waals surface area (Å²) in [5.41, 5.74) is 4.02. The lowest BCUT2D eigenvalue weighted by molar-refractivity contribution is 0.533. The Labute approximate surface area is 123 Å². The molecule has 0 saturated heterocycles. The van der Waals surface area contributed by atoms with Crippen LogP contribution in [0.15, 0.2) is 42.5 Å². The maximum atomic E-state index is 6.18. The van der Waals surface area contributed by atoms with Crippen molar-refractivity contribution in [3.8, 4) is 0 Å². The molecule has 0 unspecified atom stereocenters. The number of fused-ring (bicyclic) bond motifs is 1. The summed E-state index contributed by atoms with van der Waals surface area (Å²) in [6.45, 7) is 0.786. The first-order valence-corrected chi connectivity index (χ1v) is 7.22. The number of benzene rings is 2. The SMILES string of the molecule is Clc1ccc(CNC2Cc3ccccc3C2)c(Cl)c1. The molecule has 1 aliphatic rings. The molecule has 0 bridgehead atoms. The van der Waals surface area contributed by atoms with Crippen LogP contribution >= 0.6 is 23.2 Å². The second-order valence-electron chi connectivity index (χ2n) is 4.99. The lowest BCUT2D eigenvalue weighted by atomic mass is 10.1. The van der Waals surface area contributed by atoms with Crippen LogP contribution in [0.5, 0.6) is 0 Å². The van der Waals surface area contributed by atoms with Crippen LogP contribution in [0.25, 0.3) is 0 Å². The molecule has 3 heteroatoms. The maximum absolute atomic E-state index is 6.18. The molecule has 0 radical (unpaired) electrons. The van der Waals surface area contributed by atoms with Crippen LogP contribution in [0.2, 0.25) is 10.0 Å². The summed E-state index contributed by atoms with van der Waals surface area (Å²) >= 11 is 12.1. The van der Waals surface area contributed by atoms with E-state index in [2.05, 4.69) is 29.6 Å². The lowest BCUT2D eigenvalue weighted by Crippen LogP contribution is -2.29. The summed E-state index contributed by atoms with van der Waals surface area (Å²) < 4.78 is 0. The van der Waals surface area contributed by atoms with Gasteiger partial charge in [0.05, 0.1) is 0 Å². The smallest absolute Gasteiger partial charge is 0.0465 e. The second kappa shape index (κ2) is 5.54. The van der Waals surface area contributed by atoms with Gasteiger partial charge in [-0.05, 0) is 41.7 Å². The molecule has 2 aromatic carbocycles. The van der Waals surface area contributed by atoms with Crippen molar-refractivity contribution in [2.24, 2.45) is 0 Å². The van der Waals surface area contributed by atoms with Gasteiger partial charge in [-0.2, -0.15) is 0 Å². The molecule has 0 fully saturated rings. The Bertz CT molecular complexity index is 570. The Balaban J connectivity index is 1.63. The van der Waals surface area contributed by atoms with Crippen LogP contribution < -0.4 is 5.32 Å². The van der Waals surface area contributed by atoms with E-state index in [1.54, 1.807) is 6.07 Å². The van der Waals surface area contributed by atoms with Crippen molar-refractivity contribution >= 4 is 23.2 Å². The quantitative estimate of drug-likeness (QED) is 0.891. The van der Waals surface area contributed by atoms with E-state index in [-0.39, 0.29) is 0 Å². The van der Waals surface area contributed by atoms with Gasteiger partial charge in [0, 0.05) is 22.6 Å². The van der Waals surface area contributed by atoms with Crippen LogP contribution in [0, 0.1) is 0 Å².